The standard InChI is InChI=1S/C14H21BrN4O3/c1-14(2,3)22-13(20)19-6-5-9(8-19)17-12-16-7-10(15)11(18-12)21-4/h7,9H,5-6,8H2,1-4H3,(H,16,17,18)/t9-/m1/s1. The van der Waals surface area contributed by atoms with Gasteiger partial charge in [0, 0.05) is 19.1 Å². The van der Waals surface area contributed by atoms with Crippen molar-refractivity contribution in [3.8, 4) is 5.88 Å². The third-order valence-electron chi connectivity index (χ3n) is 3.08. The molecule has 0 radical (unpaired) electrons. The van der Waals surface area contributed by atoms with E-state index in [1.165, 1.54) is 0 Å². The quantitative estimate of drug-likeness (QED) is 0.878. The Balaban J connectivity index is 1.92. The van der Waals surface area contributed by atoms with Gasteiger partial charge in [-0.2, -0.15) is 4.98 Å². The average Bonchev–Trinajstić information content (AvgIpc) is 2.87. The van der Waals surface area contributed by atoms with E-state index in [9.17, 15) is 4.79 Å². The van der Waals surface area contributed by atoms with Gasteiger partial charge in [0.15, 0.2) is 0 Å². The maximum Gasteiger partial charge on any atom is 0.410 e. The summed E-state index contributed by atoms with van der Waals surface area (Å²) in [6.07, 6.45) is 2.17. The third kappa shape index (κ3) is 4.46. The maximum atomic E-state index is 12.0. The molecule has 2 heterocycles. The molecule has 0 aromatic carbocycles. The summed E-state index contributed by atoms with van der Waals surface area (Å²) in [7, 11) is 1.55. The molecular weight excluding hydrogens is 352 g/mol. The number of hydrogen-bond acceptors (Lipinski definition) is 6. The number of carbonyl (C=O) groups is 1. The molecule has 1 saturated heterocycles. The minimum Gasteiger partial charge on any atom is -0.480 e. The summed E-state index contributed by atoms with van der Waals surface area (Å²) in [6, 6.07) is 0.0957. The molecule has 0 unspecified atom stereocenters. The fraction of sp³-hybridized carbons (Fsp3) is 0.643. The number of nitrogens with one attached hydrogen (secondary N) is 1. The molecule has 1 amide bonds. The van der Waals surface area contributed by atoms with E-state index in [1.54, 1.807) is 18.2 Å². The number of hydrogen-bond donors (Lipinski definition) is 1. The normalized spacial score (nSPS) is 18.2. The highest BCUT2D eigenvalue weighted by molar-refractivity contribution is 9.10. The lowest BCUT2D eigenvalue weighted by Gasteiger charge is -2.24. The van der Waals surface area contributed by atoms with Gasteiger partial charge in [0.2, 0.25) is 11.8 Å². The zero-order chi connectivity index (χ0) is 16.3. The Morgan fingerprint density at radius 1 is 1.50 bits per heavy atom. The van der Waals surface area contributed by atoms with Crippen LogP contribution in [0.2, 0.25) is 0 Å². The molecule has 1 fully saturated rings. The summed E-state index contributed by atoms with van der Waals surface area (Å²) < 4.78 is 11.2. The number of amides is 1. The minimum atomic E-state index is -0.481. The number of methoxy groups -OCH3 is 1. The molecule has 122 valence electrons. The van der Waals surface area contributed by atoms with Gasteiger partial charge in [-0.05, 0) is 43.1 Å². The summed E-state index contributed by atoms with van der Waals surface area (Å²) in [6.45, 7) is 6.80. The third-order valence-corrected chi connectivity index (χ3v) is 3.62. The molecule has 0 aliphatic carbocycles. The van der Waals surface area contributed by atoms with Gasteiger partial charge in [-0.15, -0.1) is 0 Å². The summed E-state index contributed by atoms with van der Waals surface area (Å²) >= 11 is 3.31. The Hall–Kier alpha value is -1.57. The summed E-state index contributed by atoms with van der Waals surface area (Å²) in [5.74, 6) is 0.954. The second-order valence-electron chi connectivity index (χ2n) is 6.11. The van der Waals surface area contributed by atoms with Crippen LogP contribution in [-0.4, -0.2) is 52.8 Å². The lowest BCUT2D eigenvalue weighted by Crippen LogP contribution is -2.36. The highest BCUT2D eigenvalue weighted by Gasteiger charge is 2.30. The molecule has 2 rings (SSSR count). The molecule has 1 atom stereocenters. The van der Waals surface area contributed by atoms with Gasteiger partial charge in [0.05, 0.1) is 17.8 Å². The van der Waals surface area contributed by atoms with Gasteiger partial charge in [-0.1, -0.05) is 0 Å². The van der Waals surface area contributed by atoms with Gasteiger partial charge in [-0.3, -0.25) is 0 Å². The number of likely N-dealkylation sites (tertiary alicyclic amines) is 1. The van der Waals surface area contributed by atoms with Crippen LogP contribution in [0.1, 0.15) is 27.2 Å². The molecule has 8 heteroatoms. The van der Waals surface area contributed by atoms with Crippen LogP contribution in [-0.2, 0) is 4.74 Å². The second-order valence-corrected chi connectivity index (χ2v) is 6.96. The fourth-order valence-corrected chi connectivity index (χ4v) is 2.47. The van der Waals surface area contributed by atoms with Gasteiger partial charge in [0.1, 0.15) is 5.60 Å². The Kier molecular flexibility index (Phi) is 5.10. The molecule has 0 saturated carbocycles. The summed E-state index contributed by atoms with van der Waals surface area (Å²) in [5, 5.41) is 3.22. The Morgan fingerprint density at radius 3 is 2.86 bits per heavy atom. The van der Waals surface area contributed by atoms with E-state index in [0.717, 1.165) is 6.42 Å². The zero-order valence-corrected chi connectivity index (χ0v) is 14.8. The van der Waals surface area contributed by atoms with E-state index in [1.807, 2.05) is 20.8 Å². The second kappa shape index (κ2) is 6.68. The van der Waals surface area contributed by atoms with Gasteiger partial charge >= 0.3 is 6.09 Å². The van der Waals surface area contributed by atoms with Crippen LogP contribution in [0.15, 0.2) is 10.7 Å². The van der Waals surface area contributed by atoms with Crippen molar-refractivity contribution in [2.75, 3.05) is 25.5 Å². The van der Waals surface area contributed by atoms with Gasteiger partial charge in [-0.25, -0.2) is 9.78 Å². The number of halogens is 1. The summed E-state index contributed by atoms with van der Waals surface area (Å²) in [5.41, 5.74) is -0.481. The largest absolute Gasteiger partial charge is 0.480 e. The first-order chi connectivity index (χ1) is 10.3. The Bertz CT molecular complexity index is 547. The van der Waals surface area contributed by atoms with Crippen molar-refractivity contribution in [3.63, 3.8) is 0 Å². The lowest BCUT2D eigenvalue weighted by atomic mass is 10.2. The number of carbonyl (C=O) groups excluding carboxylic acids is 1. The van der Waals surface area contributed by atoms with Gasteiger partial charge < -0.3 is 19.7 Å². The zero-order valence-electron chi connectivity index (χ0n) is 13.2. The lowest BCUT2D eigenvalue weighted by molar-refractivity contribution is 0.0293. The predicted octanol–water partition coefficient (Wildman–Crippen LogP) is 2.67. The van der Waals surface area contributed by atoms with Crippen LogP contribution in [0.5, 0.6) is 5.88 Å². The van der Waals surface area contributed by atoms with E-state index in [4.69, 9.17) is 9.47 Å². The van der Waals surface area contributed by atoms with E-state index in [2.05, 4.69) is 31.2 Å². The molecule has 22 heavy (non-hydrogen) atoms. The van der Waals surface area contributed by atoms with Crippen LogP contribution in [0, 0.1) is 0 Å². The molecular formula is C14H21BrN4O3. The maximum absolute atomic E-state index is 12.0. The first-order valence-corrected chi connectivity index (χ1v) is 7.89. The van der Waals surface area contributed by atoms with E-state index in [0.29, 0.717) is 29.4 Å². The molecule has 1 aliphatic rings. The smallest absolute Gasteiger partial charge is 0.410 e. The van der Waals surface area contributed by atoms with E-state index < -0.39 is 5.60 Å². The number of ether oxygens (including phenoxy) is 2. The minimum absolute atomic E-state index is 0.0957. The van der Waals surface area contributed by atoms with Crippen LogP contribution in [0.25, 0.3) is 0 Å². The van der Waals surface area contributed by atoms with Crippen molar-refractivity contribution in [3.05, 3.63) is 10.7 Å². The van der Waals surface area contributed by atoms with Crippen LogP contribution in [0.3, 0.4) is 0 Å². The molecule has 0 spiro atoms. The average molecular weight is 373 g/mol. The molecule has 1 aliphatic heterocycles. The van der Waals surface area contributed by atoms with Crippen molar-refractivity contribution < 1.29 is 14.3 Å². The van der Waals surface area contributed by atoms with Gasteiger partial charge in [0.25, 0.3) is 0 Å². The molecule has 7 nitrogen and oxygen atoms in total. The highest BCUT2D eigenvalue weighted by Crippen LogP contribution is 2.23. The van der Waals surface area contributed by atoms with Crippen LogP contribution < -0.4 is 10.1 Å². The predicted molar refractivity (Wildman–Crippen MR) is 86.1 cm³/mol. The SMILES string of the molecule is COc1nc(N[C@@H]2CCN(C(=O)OC(C)(C)C)C2)ncc1Br. The first kappa shape index (κ1) is 16.8. The van der Waals surface area contributed by atoms with E-state index in [-0.39, 0.29) is 12.1 Å². The molecule has 0 bridgehead atoms. The number of rotatable bonds is 3. The van der Waals surface area contributed by atoms with Crippen LogP contribution in [0.4, 0.5) is 10.7 Å². The van der Waals surface area contributed by atoms with Crippen molar-refractivity contribution in [2.24, 2.45) is 0 Å². The molecule has 1 aromatic rings. The van der Waals surface area contributed by atoms with E-state index >= 15 is 0 Å². The number of aromatic nitrogens is 2. The van der Waals surface area contributed by atoms with Crippen molar-refractivity contribution in [1.29, 1.82) is 0 Å². The highest BCUT2D eigenvalue weighted by atomic mass is 79.9. The monoisotopic (exact) mass is 372 g/mol. The van der Waals surface area contributed by atoms with Crippen LogP contribution >= 0.6 is 15.9 Å². The Morgan fingerprint density at radius 2 is 2.23 bits per heavy atom. The molecule has 1 aromatic heterocycles. The molecule has 1 N–H and O–H groups in total. The fourth-order valence-electron chi connectivity index (χ4n) is 2.12. The van der Waals surface area contributed by atoms with Crippen molar-refractivity contribution in [1.82, 2.24) is 14.9 Å². The first-order valence-electron chi connectivity index (χ1n) is 7.09. The topological polar surface area (TPSA) is 76.6 Å². The number of nitrogens with zero attached hydrogens (tertiary/aromatic N) is 3. The Labute approximate surface area is 138 Å². The van der Waals surface area contributed by atoms with Crippen molar-refractivity contribution in [2.45, 2.75) is 38.8 Å². The van der Waals surface area contributed by atoms with Crippen molar-refractivity contribution >= 4 is 28.0 Å². The number of anilines is 1. The summed E-state index contributed by atoms with van der Waals surface area (Å²) in [4.78, 5) is 22.2.